The van der Waals surface area contributed by atoms with E-state index in [4.69, 9.17) is 0 Å². The van der Waals surface area contributed by atoms with Crippen LogP contribution in [0, 0.1) is 5.92 Å². The third kappa shape index (κ3) is 2.53. The Balaban J connectivity index is 1.71. The van der Waals surface area contributed by atoms with E-state index in [-0.39, 0.29) is 17.4 Å². The molecule has 1 fully saturated rings. The molecule has 1 saturated heterocycles. The average molecular weight is 340 g/mol. The van der Waals surface area contributed by atoms with Crippen LogP contribution < -0.4 is 5.56 Å². The van der Waals surface area contributed by atoms with Crippen LogP contribution in [-0.2, 0) is 6.54 Å². The van der Waals surface area contributed by atoms with Gasteiger partial charge in [-0.2, -0.15) is 0 Å². The highest BCUT2D eigenvalue weighted by molar-refractivity contribution is 7.12. The topological polar surface area (TPSA) is 42.3 Å². The van der Waals surface area contributed by atoms with Gasteiger partial charge in [0.15, 0.2) is 0 Å². The largest absolute Gasteiger partial charge is 0.337 e. The molecule has 5 heteroatoms. The second kappa shape index (κ2) is 6.06. The highest BCUT2D eigenvalue weighted by Crippen LogP contribution is 2.37. The van der Waals surface area contributed by atoms with Crippen LogP contribution in [0.1, 0.15) is 40.2 Å². The Labute approximate surface area is 145 Å². The van der Waals surface area contributed by atoms with Gasteiger partial charge >= 0.3 is 0 Å². The normalized spacial score (nSPS) is 22.6. The molecule has 2 aliphatic heterocycles. The number of fused-ring (bicyclic) bond motifs is 4. The molecule has 0 aliphatic carbocycles. The van der Waals surface area contributed by atoms with Crippen molar-refractivity contribution in [1.29, 1.82) is 0 Å². The highest BCUT2D eigenvalue weighted by atomic mass is 32.1. The quantitative estimate of drug-likeness (QED) is 0.842. The summed E-state index contributed by atoms with van der Waals surface area (Å²) in [6.07, 6.45) is 5.12. The minimum Gasteiger partial charge on any atom is -0.337 e. The van der Waals surface area contributed by atoms with Crippen molar-refractivity contribution in [3.63, 3.8) is 0 Å². The molecule has 1 amide bonds. The van der Waals surface area contributed by atoms with Gasteiger partial charge in [0, 0.05) is 37.3 Å². The molecule has 24 heavy (non-hydrogen) atoms. The second-order valence-corrected chi connectivity index (χ2v) is 7.56. The first-order chi connectivity index (χ1) is 11.7. The molecule has 2 aromatic heterocycles. The lowest BCUT2D eigenvalue weighted by atomic mass is 9.81. The zero-order valence-corrected chi connectivity index (χ0v) is 14.5. The minimum absolute atomic E-state index is 0.0750. The number of thiophene rings is 1. The smallest absolute Gasteiger partial charge is 0.263 e. The Hall–Kier alpha value is -2.14. The van der Waals surface area contributed by atoms with Crippen LogP contribution in [0.25, 0.3) is 6.08 Å². The van der Waals surface area contributed by atoms with Crippen molar-refractivity contribution < 1.29 is 4.79 Å². The number of carbonyl (C=O) groups excluding carboxylic acids is 1. The van der Waals surface area contributed by atoms with E-state index in [0.29, 0.717) is 19.0 Å². The van der Waals surface area contributed by atoms with Gasteiger partial charge in [-0.3, -0.25) is 9.59 Å². The summed E-state index contributed by atoms with van der Waals surface area (Å²) >= 11 is 1.49. The van der Waals surface area contributed by atoms with E-state index < -0.39 is 0 Å². The maximum Gasteiger partial charge on any atom is 0.263 e. The summed E-state index contributed by atoms with van der Waals surface area (Å²) in [6, 6.07) is 7.38. The van der Waals surface area contributed by atoms with Gasteiger partial charge in [0.2, 0.25) is 0 Å². The molecular weight excluding hydrogens is 320 g/mol. The molecule has 0 spiro atoms. The maximum atomic E-state index is 12.7. The SMILES string of the molecule is CC=Cc1ccc(=O)n2c1[C@H]1C[C@@H](CN(C(=O)c3cccs3)C1)C2. The summed E-state index contributed by atoms with van der Waals surface area (Å²) in [5.74, 6) is 0.722. The number of aromatic nitrogens is 1. The van der Waals surface area contributed by atoms with E-state index >= 15 is 0 Å². The lowest BCUT2D eigenvalue weighted by Crippen LogP contribution is -2.49. The molecular formula is C19H20N2O2S. The number of carbonyl (C=O) groups is 1. The first kappa shape index (κ1) is 15.4. The van der Waals surface area contributed by atoms with E-state index in [9.17, 15) is 9.59 Å². The summed E-state index contributed by atoms with van der Waals surface area (Å²) in [7, 11) is 0. The molecule has 2 aliphatic rings. The number of hydrogen-bond acceptors (Lipinski definition) is 3. The minimum atomic E-state index is 0.0750. The van der Waals surface area contributed by atoms with Gasteiger partial charge in [-0.25, -0.2) is 0 Å². The molecule has 2 bridgehead atoms. The van der Waals surface area contributed by atoms with Crippen LogP contribution in [0.15, 0.2) is 40.5 Å². The lowest BCUT2D eigenvalue weighted by Gasteiger charge is -2.43. The van der Waals surface area contributed by atoms with Crippen LogP contribution in [0.2, 0.25) is 0 Å². The summed E-state index contributed by atoms with van der Waals surface area (Å²) in [5.41, 5.74) is 2.28. The van der Waals surface area contributed by atoms with Gasteiger partial charge < -0.3 is 9.47 Å². The molecule has 0 N–H and O–H groups in total. The Morgan fingerprint density at radius 1 is 1.25 bits per heavy atom. The van der Waals surface area contributed by atoms with Crippen LogP contribution >= 0.6 is 11.3 Å². The predicted molar refractivity (Wildman–Crippen MR) is 96.5 cm³/mol. The van der Waals surface area contributed by atoms with Crippen molar-refractivity contribution in [2.24, 2.45) is 5.92 Å². The Morgan fingerprint density at radius 3 is 2.88 bits per heavy atom. The van der Waals surface area contributed by atoms with Gasteiger partial charge in [-0.15, -0.1) is 11.3 Å². The van der Waals surface area contributed by atoms with Crippen molar-refractivity contribution in [3.05, 3.63) is 62.2 Å². The predicted octanol–water partition coefficient (Wildman–Crippen LogP) is 3.20. The molecule has 2 aromatic rings. The van der Waals surface area contributed by atoms with Gasteiger partial charge in [-0.05, 0) is 42.3 Å². The standard InChI is InChI=1S/C19H20N2O2S/c1-2-4-14-6-7-17(22)21-11-13-9-15(18(14)21)12-20(10-13)19(23)16-5-3-8-24-16/h2-8,13,15H,9-12H2,1H3/t13-,15-/m0/s1. The molecule has 124 valence electrons. The summed E-state index contributed by atoms with van der Waals surface area (Å²) in [5, 5.41) is 1.94. The molecule has 0 unspecified atom stereocenters. The van der Waals surface area contributed by atoms with Crippen molar-refractivity contribution in [2.45, 2.75) is 25.8 Å². The fraction of sp³-hybridized carbons (Fsp3) is 0.368. The molecule has 0 aromatic carbocycles. The Morgan fingerprint density at radius 2 is 2.12 bits per heavy atom. The monoisotopic (exact) mass is 340 g/mol. The van der Waals surface area contributed by atoms with Crippen LogP contribution in [0.5, 0.6) is 0 Å². The molecule has 0 radical (unpaired) electrons. The number of hydrogen-bond donors (Lipinski definition) is 0. The van der Waals surface area contributed by atoms with E-state index in [1.807, 2.05) is 46.0 Å². The first-order valence-corrected chi connectivity index (χ1v) is 9.24. The molecule has 4 heterocycles. The number of pyridine rings is 1. The fourth-order valence-electron chi connectivity index (χ4n) is 4.09. The molecule has 0 saturated carbocycles. The third-order valence-corrected chi connectivity index (χ3v) is 5.85. The lowest BCUT2D eigenvalue weighted by molar-refractivity contribution is 0.0599. The average Bonchev–Trinajstić information content (AvgIpc) is 3.11. The zero-order valence-electron chi connectivity index (χ0n) is 13.6. The molecule has 4 nitrogen and oxygen atoms in total. The van der Waals surface area contributed by atoms with Gasteiger partial charge in [-0.1, -0.05) is 18.2 Å². The molecule has 2 atom stereocenters. The number of likely N-dealkylation sites (tertiary alicyclic amines) is 1. The third-order valence-electron chi connectivity index (χ3n) is 4.99. The van der Waals surface area contributed by atoms with Gasteiger partial charge in [0.1, 0.15) is 0 Å². The Bertz CT molecular complexity index is 851. The maximum absolute atomic E-state index is 12.7. The van der Waals surface area contributed by atoms with E-state index in [1.165, 1.54) is 11.3 Å². The second-order valence-electron chi connectivity index (χ2n) is 6.61. The van der Waals surface area contributed by atoms with E-state index in [1.54, 1.807) is 6.07 Å². The number of allylic oxidation sites excluding steroid dienone is 1. The molecule has 4 rings (SSSR count). The zero-order chi connectivity index (χ0) is 16.7. The fourth-order valence-corrected chi connectivity index (χ4v) is 4.78. The van der Waals surface area contributed by atoms with E-state index in [0.717, 1.165) is 29.1 Å². The van der Waals surface area contributed by atoms with Crippen molar-refractivity contribution in [3.8, 4) is 0 Å². The van der Waals surface area contributed by atoms with Gasteiger partial charge in [0.25, 0.3) is 11.5 Å². The summed E-state index contributed by atoms with van der Waals surface area (Å²) < 4.78 is 1.93. The van der Waals surface area contributed by atoms with Crippen LogP contribution in [0.3, 0.4) is 0 Å². The summed E-state index contributed by atoms with van der Waals surface area (Å²) in [6.45, 7) is 4.14. The van der Waals surface area contributed by atoms with Crippen molar-refractivity contribution >= 4 is 23.3 Å². The van der Waals surface area contributed by atoms with Gasteiger partial charge in [0.05, 0.1) is 4.88 Å². The highest BCUT2D eigenvalue weighted by Gasteiger charge is 2.37. The first-order valence-electron chi connectivity index (χ1n) is 8.36. The van der Waals surface area contributed by atoms with E-state index in [2.05, 4.69) is 6.08 Å². The van der Waals surface area contributed by atoms with Crippen molar-refractivity contribution in [1.82, 2.24) is 9.47 Å². The van der Waals surface area contributed by atoms with Crippen LogP contribution in [-0.4, -0.2) is 28.5 Å². The number of nitrogens with zero attached hydrogens (tertiary/aromatic N) is 2. The van der Waals surface area contributed by atoms with Crippen LogP contribution in [0.4, 0.5) is 0 Å². The number of rotatable bonds is 2. The number of amides is 1. The Kier molecular flexibility index (Phi) is 3.88. The number of piperidine rings is 1. The summed E-state index contributed by atoms with van der Waals surface area (Å²) in [4.78, 5) is 27.8. The van der Waals surface area contributed by atoms with Crippen molar-refractivity contribution in [2.75, 3.05) is 13.1 Å².